The first-order chi connectivity index (χ1) is 11.0. The lowest BCUT2D eigenvalue weighted by atomic mass is 9.95. The number of benzene rings is 1. The van der Waals surface area contributed by atoms with Crippen LogP contribution in [0.5, 0.6) is 0 Å². The summed E-state index contributed by atoms with van der Waals surface area (Å²) in [6.45, 7) is 2.65. The van der Waals surface area contributed by atoms with Gasteiger partial charge < -0.3 is 10.6 Å². The summed E-state index contributed by atoms with van der Waals surface area (Å²) >= 11 is 1.16. The van der Waals surface area contributed by atoms with Gasteiger partial charge in [0.1, 0.15) is 0 Å². The molecule has 1 aliphatic heterocycles. The summed E-state index contributed by atoms with van der Waals surface area (Å²) in [4.78, 5) is 25.7. The van der Waals surface area contributed by atoms with Crippen LogP contribution < -0.4 is 5.73 Å². The van der Waals surface area contributed by atoms with Crippen LogP contribution in [0, 0.1) is 17.0 Å². The Morgan fingerprint density at radius 3 is 2.65 bits per heavy atom. The zero-order valence-corrected chi connectivity index (χ0v) is 13.5. The van der Waals surface area contributed by atoms with E-state index < -0.39 is 4.92 Å². The van der Waals surface area contributed by atoms with Crippen molar-refractivity contribution in [2.45, 2.75) is 18.9 Å². The van der Waals surface area contributed by atoms with Crippen LogP contribution in [0.15, 0.2) is 36.4 Å². The first-order valence-electron chi connectivity index (χ1n) is 7.32. The van der Waals surface area contributed by atoms with Gasteiger partial charge in [0.2, 0.25) is 0 Å². The average molecular weight is 331 g/mol. The Kier molecular flexibility index (Phi) is 4.14. The Bertz CT molecular complexity index is 744. The number of carbonyl (C=O) groups excluding carboxylic acids is 1. The maximum Gasteiger partial charge on any atom is 0.283 e. The van der Waals surface area contributed by atoms with Gasteiger partial charge in [0.15, 0.2) is 0 Å². The number of hydrogen-bond donors (Lipinski definition) is 1. The second kappa shape index (κ2) is 6.10. The van der Waals surface area contributed by atoms with Crippen molar-refractivity contribution in [1.29, 1.82) is 0 Å². The van der Waals surface area contributed by atoms with E-state index in [9.17, 15) is 14.9 Å². The van der Waals surface area contributed by atoms with Gasteiger partial charge in [0.25, 0.3) is 11.6 Å². The van der Waals surface area contributed by atoms with E-state index in [1.165, 1.54) is 6.07 Å². The van der Waals surface area contributed by atoms with Gasteiger partial charge in [-0.3, -0.25) is 14.9 Å². The molecule has 6 nitrogen and oxygen atoms in total. The van der Waals surface area contributed by atoms with Gasteiger partial charge in [-0.15, -0.1) is 11.3 Å². The molecular weight excluding hydrogens is 314 g/mol. The van der Waals surface area contributed by atoms with Crippen molar-refractivity contribution in [2.24, 2.45) is 5.73 Å². The van der Waals surface area contributed by atoms with Crippen LogP contribution in [0.25, 0.3) is 0 Å². The van der Waals surface area contributed by atoms with E-state index in [-0.39, 0.29) is 23.6 Å². The van der Waals surface area contributed by atoms with Crippen LogP contribution >= 0.6 is 11.3 Å². The monoisotopic (exact) mass is 331 g/mol. The summed E-state index contributed by atoms with van der Waals surface area (Å²) in [7, 11) is 0. The summed E-state index contributed by atoms with van der Waals surface area (Å²) in [6.07, 6.45) is 0. The van der Waals surface area contributed by atoms with Crippen molar-refractivity contribution in [3.8, 4) is 0 Å². The summed E-state index contributed by atoms with van der Waals surface area (Å²) in [6, 6.07) is 11.1. The van der Waals surface area contributed by atoms with E-state index in [4.69, 9.17) is 5.73 Å². The number of rotatable bonds is 3. The van der Waals surface area contributed by atoms with Crippen molar-refractivity contribution >= 4 is 22.9 Å². The van der Waals surface area contributed by atoms with Crippen molar-refractivity contribution in [3.63, 3.8) is 0 Å². The number of likely N-dealkylation sites (tertiary alicyclic amines) is 1. The molecule has 0 radical (unpaired) electrons. The zero-order chi connectivity index (χ0) is 16.6. The second-order valence-electron chi connectivity index (χ2n) is 5.70. The van der Waals surface area contributed by atoms with Gasteiger partial charge in [-0.25, -0.2) is 0 Å². The first-order valence-corrected chi connectivity index (χ1v) is 8.13. The fraction of sp³-hybridized carbons (Fsp3) is 0.312. The third kappa shape index (κ3) is 2.97. The quantitative estimate of drug-likeness (QED) is 0.691. The van der Waals surface area contributed by atoms with E-state index in [1.807, 2.05) is 30.3 Å². The Morgan fingerprint density at radius 1 is 1.35 bits per heavy atom. The van der Waals surface area contributed by atoms with Crippen LogP contribution in [0.2, 0.25) is 0 Å². The maximum absolute atomic E-state index is 12.6. The van der Waals surface area contributed by atoms with Gasteiger partial charge in [0.05, 0.1) is 14.7 Å². The smallest absolute Gasteiger partial charge is 0.283 e. The lowest BCUT2D eigenvalue weighted by molar-refractivity contribution is -0.385. The van der Waals surface area contributed by atoms with Crippen molar-refractivity contribution in [1.82, 2.24) is 4.90 Å². The van der Waals surface area contributed by atoms with E-state index in [1.54, 1.807) is 11.8 Å². The molecule has 0 bridgehead atoms. The number of aryl methyl sites for hydroxylation is 1. The van der Waals surface area contributed by atoms with Crippen molar-refractivity contribution < 1.29 is 9.72 Å². The largest absolute Gasteiger partial charge is 0.336 e. The molecule has 23 heavy (non-hydrogen) atoms. The molecule has 2 N–H and O–H groups in total. The number of carbonyl (C=O) groups is 1. The molecule has 2 atom stereocenters. The molecule has 0 spiro atoms. The van der Waals surface area contributed by atoms with Gasteiger partial charge in [-0.05, 0) is 12.5 Å². The summed E-state index contributed by atoms with van der Waals surface area (Å²) in [5.74, 6) is -0.0868. The molecule has 1 fully saturated rings. The number of thiophene rings is 1. The Hall–Kier alpha value is -2.25. The van der Waals surface area contributed by atoms with Crippen LogP contribution in [-0.4, -0.2) is 34.9 Å². The molecule has 1 aromatic carbocycles. The molecule has 1 amide bonds. The molecule has 1 aromatic heterocycles. The predicted molar refractivity (Wildman–Crippen MR) is 88.8 cm³/mol. The minimum absolute atomic E-state index is 0.00135. The lowest BCUT2D eigenvalue weighted by Gasteiger charge is -2.15. The highest BCUT2D eigenvalue weighted by Crippen LogP contribution is 2.32. The fourth-order valence-electron chi connectivity index (χ4n) is 2.96. The summed E-state index contributed by atoms with van der Waals surface area (Å²) < 4.78 is 0. The molecule has 120 valence electrons. The normalized spacial score (nSPS) is 20.7. The minimum Gasteiger partial charge on any atom is -0.336 e. The number of nitro groups is 1. The maximum atomic E-state index is 12.6. The van der Waals surface area contributed by atoms with Crippen LogP contribution in [-0.2, 0) is 0 Å². The van der Waals surface area contributed by atoms with E-state index in [2.05, 4.69) is 0 Å². The zero-order valence-electron chi connectivity index (χ0n) is 12.6. The molecule has 0 aliphatic carbocycles. The molecule has 3 rings (SSSR count). The number of nitrogens with zero attached hydrogens (tertiary/aromatic N) is 2. The highest BCUT2D eigenvalue weighted by Gasteiger charge is 2.35. The molecule has 0 saturated carbocycles. The Balaban J connectivity index is 1.79. The number of hydrogen-bond acceptors (Lipinski definition) is 5. The second-order valence-corrected chi connectivity index (χ2v) is 6.96. The highest BCUT2D eigenvalue weighted by molar-refractivity contribution is 7.14. The van der Waals surface area contributed by atoms with E-state index in [0.717, 1.165) is 16.9 Å². The third-order valence-electron chi connectivity index (χ3n) is 4.18. The highest BCUT2D eigenvalue weighted by atomic mass is 32.1. The van der Waals surface area contributed by atoms with E-state index in [0.29, 0.717) is 22.8 Å². The topological polar surface area (TPSA) is 89.5 Å². The molecule has 1 aliphatic rings. The number of nitrogens with two attached hydrogens (primary N) is 1. The third-order valence-corrected chi connectivity index (χ3v) is 5.21. The Labute approximate surface area is 137 Å². The first kappa shape index (κ1) is 15.6. The minimum atomic E-state index is -0.453. The van der Waals surface area contributed by atoms with Gasteiger partial charge in [-0.2, -0.15) is 0 Å². The molecule has 1 saturated heterocycles. The standard InChI is InChI=1S/C16H17N3O3S/c1-10-14(19(21)22)7-15(23-10)16(20)18-8-12(13(17)9-18)11-5-3-2-4-6-11/h2-7,12-13H,8-9,17H2,1H3/t12-,13+/m0/s1. The predicted octanol–water partition coefficient (Wildman–Crippen LogP) is 2.53. The summed E-state index contributed by atoms with van der Waals surface area (Å²) in [5.41, 5.74) is 7.32. The molecular formula is C16H17N3O3S. The molecule has 2 aromatic rings. The van der Waals surface area contributed by atoms with Crippen molar-refractivity contribution in [3.05, 3.63) is 61.8 Å². The van der Waals surface area contributed by atoms with E-state index >= 15 is 0 Å². The van der Waals surface area contributed by atoms with Gasteiger partial charge in [-0.1, -0.05) is 30.3 Å². The molecule has 7 heteroatoms. The SMILES string of the molecule is Cc1sc(C(=O)N2C[C@@H](N)[C@H](c3ccccc3)C2)cc1[N+](=O)[O-]. The lowest BCUT2D eigenvalue weighted by Crippen LogP contribution is -2.31. The van der Waals surface area contributed by atoms with Gasteiger partial charge >= 0.3 is 0 Å². The van der Waals surface area contributed by atoms with Crippen LogP contribution in [0.3, 0.4) is 0 Å². The van der Waals surface area contributed by atoms with Crippen LogP contribution in [0.4, 0.5) is 5.69 Å². The Morgan fingerprint density at radius 2 is 2.04 bits per heavy atom. The van der Waals surface area contributed by atoms with Gasteiger partial charge in [0, 0.05) is 31.1 Å². The molecule has 2 heterocycles. The van der Waals surface area contributed by atoms with Crippen LogP contribution in [0.1, 0.15) is 26.0 Å². The van der Waals surface area contributed by atoms with Crippen molar-refractivity contribution in [2.75, 3.05) is 13.1 Å². The average Bonchev–Trinajstić information content (AvgIpc) is 3.11. The number of amides is 1. The molecule has 0 unspecified atom stereocenters. The fourth-order valence-corrected chi connectivity index (χ4v) is 3.92. The summed E-state index contributed by atoms with van der Waals surface area (Å²) in [5, 5.41) is 10.9.